The van der Waals surface area contributed by atoms with Crippen LogP contribution in [0, 0.1) is 0 Å². The maximum atomic E-state index is 5.82. The third kappa shape index (κ3) is 3.83. The van der Waals surface area contributed by atoms with Gasteiger partial charge in [-0.25, -0.2) is 0 Å². The highest BCUT2D eigenvalue weighted by molar-refractivity contribution is 9.10. The van der Waals surface area contributed by atoms with E-state index in [1.807, 2.05) is 6.20 Å². The Morgan fingerprint density at radius 1 is 1.55 bits per heavy atom. The minimum atomic E-state index is 0.303. The van der Waals surface area contributed by atoms with E-state index >= 15 is 0 Å². The first-order valence-electron chi connectivity index (χ1n) is 7.71. The molecule has 1 aromatic heterocycles. The van der Waals surface area contributed by atoms with Crippen molar-refractivity contribution in [3.63, 3.8) is 0 Å². The van der Waals surface area contributed by atoms with Crippen molar-refractivity contribution in [2.45, 2.75) is 64.6 Å². The summed E-state index contributed by atoms with van der Waals surface area (Å²) in [5.74, 6) is 0. The Morgan fingerprint density at radius 2 is 2.35 bits per heavy atom. The standard InChI is InChI=1S/C15H26BrN3O/c1-4-7-17-14(9-12-6-5-8-20-12)15-13(16)10-18-19(15)11(2)3/h10-12,14,17H,4-9H2,1-3H3. The second kappa shape index (κ2) is 7.57. The molecular formula is C15H26BrN3O. The van der Waals surface area contributed by atoms with Crippen molar-refractivity contribution >= 4 is 15.9 Å². The quantitative estimate of drug-likeness (QED) is 0.817. The molecule has 2 heterocycles. The highest BCUT2D eigenvalue weighted by Gasteiger charge is 2.26. The second-order valence-electron chi connectivity index (χ2n) is 5.79. The number of rotatable bonds is 7. The molecule has 0 saturated carbocycles. The number of nitrogens with zero attached hydrogens (tertiary/aromatic N) is 2. The van der Waals surface area contributed by atoms with E-state index in [-0.39, 0.29) is 0 Å². The van der Waals surface area contributed by atoms with Crippen LogP contribution < -0.4 is 5.32 Å². The summed E-state index contributed by atoms with van der Waals surface area (Å²) < 4.78 is 9.03. The molecule has 0 aromatic carbocycles. The van der Waals surface area contributed by atoms with Gasteiger partial charge < -0.3 is 10.1 Å². The van der Waals surface area contributed by atoms with Gasteiger partial charge in [0.25, 0.3) is 0 Å². The average molecular weight is 344 g/mol. The fourth-order valence-corrected chi connectivity index (χ4v) is 3.34. The molecule has 5 heteroatoms. The van der Waals surface area contributed by atoms with E-state index in [0.29, 0.717) is 18.2 Å². The third-order valence-corrected chi connectivity index (χ3v) is 4.38. The molecule has 0 spiro atoms. The summed E-state index contributed by atoms with van der Waals surface area (Å²) in [5.41, 5.74) is 1.25. The predicted molar refractivity (Wildman–Crippen MR) is 84.9 cm³/mol. The highest BCUT2D eigenvalue weighted by Crippen LogP contribution is 2.31. The molecule has 1 fully saturated rings. The topological polar surface area (TPSA) is 39.1 Å². The number of nitrogens with one attached hydrogen (secondary N) is 1. The van der Waals surface area contributed by atoms with Gasteiger partial charge in [0.2, 0.25) is 0 Å². The Morgan fingerprint density at radius 3 is 2.95 bits per heavy atom. The SMILES string of the molecule is CCCNC(CC1CCCO1)c1c(Br)cnn1C(C)C. The minimum Gasteiger partial charge on any atom is -0.378 e. The molecule has 20 heavy (non-hydrogen) atoms. The summed E-state index contributed by atoms with van der Waals surface area (Å²) in [6, 6.07) is 0.670. The minimum absolute atomic E-state index is 0.303. The van der Waals surface area contributed by atoms with Crippen LogP contribution in [0.4, 0.5) is 0 Å². The molecule has 0 amide bonds. The molecule has 1 N–H and O–H groups in total. The van der Waals surface area contributed by atoms with Crippen molar-refractivity contribution in [1.29, 1.82) is 0 Å². The Kier molecular flexibility index (Phi) is 6.05. The molecule has 0 radical (unpaired) electrons. The Labute approximate surface area is 130 Å². The van der Waals surface area contributed by atoms with Crippen LogP contribution in [-0.4, -0.2) is 29.0 Å². The molecule has 1 saturated heterocycles. The van der Waals surface area contributed by atoms with E-state index in [0.717, 1.165) is 30.5 Å². The van der Waals surface area contributed by atoms with Crippen molar-refractivity contribution in [2.75, 3.05) is 13.2 Å². The first-order chi connectivity index (χ1) is 9.63. The third-order valence-electron chi connectivity index (χ3n) is 3.77. The van der Waals surface area contributed by atoms with Gasteiger partial charge in [0.05, 0.1) is 28.5 Å². The van der Waals surface area contributed by atoms with Crippen LogP contribution in [-0.2, 0) is 4.74 Å². The van der Waals surface area contributed by atoms with Crippen LogP contribution in [0.2, 0.25) is 0 Å². The molecular weight excluding hydrogens is 318 g/mol. The van der Waals surface area contributed by atoms with E-state index in [9.17, 15) is 0 Å². The number of halogens is 1. The molecule has 0 aliphatic carbocycles. The maximum absolute atomic E-state index is 5.82. The molecule has 2 rings (SSSR count). The lowest BCUT2D eigenvalue weighted by Crippen LogP contribution is -2.29. The Bertz CT molecular complexity index is 413. The summed E-state index contributed by atoms with van der Waals surface area (Å²) in [4.78, 5) is 0. The van der Waals surface area contributed by atoms with Crippen LogP contribution >= 0.6 is 15.9 Å². The van der Waals surface area contributed by atoms with Gasteiger partial charge in [0.15, 0.2) is 0 Å². The van der Waals surface area contributed by atoms with E-state index in [2.05, 4.69) is 51.8 Å². The van der Waals surface area contributed by atoms with Crippen LogP contribution in [0.5, 0.6) is 0 Å². The van der Waals surface area contributed by atoms with E-state index < -0.39 is 0 Å². The predicted octanol–water partition coefficient (Wildman–Crippen LogP) is 3.84. The van der Waals surface area contributed by atoms with Gasteiger partial charge in [-0.3, -0.25) is 4.68 Å². The van der Waals surface area contributed by atoms with Crippen molar-refractivity contribution in [2.24, 2.45) is 0 Å². The molecule has 1 aromatic rings. The lowest BCUT2D eigenvalue weighted by atomic mass is 10.0. The van der Waals surface area contributed by atoms with Gasteiger partial charge in [-0.15, -0.1) is 0 Å². The first-order valence-corrected chi connectivity index (χ1v) is 8.50. The van der Waals surface area contributed by atoms with Gasteiger partial charge >= 0.3 is 0 Å². The largest absolute Gasteiger partial charge is 0.378 e. The van der Waals surface area contributed by atoms with Crippen LogP contribution in [0.1, 0.15) is 64.2 Å². The fourth-order valence-electron chi connectivity index (χ4n) is 2.79. The van der Waals surface area contributed by atoms with Gasteiger partial charge in [0, 0.05) is 12.6 Å². The molecule has 2 atom stereocenters. The van der Waals surface area contributed by atoms with Crippen molar-refractivity contribution in [3.8, 4) is 0 Å². The Balaban J connectivity index is 2.18. The smallest absolute Gasteiger partial charge is 0.0699 e. The monoisotopic (exact) mass is 343 g/mol. The average Bonchev–Trinajstić information content (AvgIpc) is 3.04. The zero-order valence-corrected chi connectivity index (χ0v) is 14.3. The molecule has 1 aliphatic heterocycles. The number of hydrogen-bond donors (Lipinski definition) is 1. The van der Waals surface area contributed by atoms with Crippen LogP contribution in [0.15, 0.2) is 10.7 Å². The number of ether oxygens (including phenoxy) is 1. The van der Waals surface area contributed by atoms with Crippen molar-refractivity contribution in [3.05, 3.63) is 16.4 Å². The van der Waals surface area contributed by atoms with Gasteiger partial charge in [-0.2, -0.15) is 5.10 Å². The van der Waals surface area contributed by atoms with Crippen molar-refractivity contribution in [1.82, 2.24) is 15.1 Å². The number of hydrogen-bond acceptors (Lipinski definition) is 3. The van der Waals surface area contributed by atoms with Crippen LogP contribution in [0.25, 0.3) is 0 Å². The highest BCUT2D eigenvalue weighted by atomic mass is 79.9. The summed E-state index contributed by atoms with van der Waals surface area (Å²) in [7, 11) is 0. The molecule has 2 unspecified atom stereocenters. The first kappa shape index (κ1) is 16.0. The molecule has 1 aliphatic rings. The zero-order chi connectivity index (χ0) is 14.5. The maximum Gasteiger partial charge on any atom is 0.0699 e. The second-order valence-corrected chi connectivity index (χ2v) is 6.65. The zero-order valence-electron chi connectivity index (χ0n) is 12.7. The van der Waals surface area contributed by atoms with Gasteiger partial charge in [-0.1, -0.05) is 6.92 Å². The lowest BCUT2D eigenvalue weighted by Gasteiger charge is -2.24. The molecule has 114 valence electrons. The summed E-state index contributed by atoms with van der Waals surface area (Å²) in [5, 5.41) is 8.17. The Hall–Kier alpha value is -0.390. The normalized spacial score (nSPS) is 20.8. The number of aromatic nitrogens is 2. The fraction of sp³-hybridized carbons (Fsp3) is 0.800. The summed E-state index contributed by atoms with van der Waals surface area (Å²) in [6.45, 7) is 8.48. The van der Waals surface area contributed by atoms with E-state index in [4.69, 9.17) is 4.74 Å². The van der Waals surface area contributed by atoms with E-state index in [1.54, 1.807) is 0 Å². The van der Waals surface area contributed by atoms with Gasteiger partial charge in [-0.05, 0) is 62.0 Å². The molecule has 4 nitrogen and oxygen atoms in total. The summed E-state index contributed by atoms with van der Waals surface area (Å²) in [6.07, 6.45) is 6.82. The van der Waals surface area contributed by atoms with Crippen molar-refractivity contribution < 1.29 is 4.74 Å². The van der Waals surface area contributed by atoms with Crippen LogP contribution in [0.3, 0.4) is 0 Å². The van der Waals surface area contributed by atoms with E-state index in [1.165, 1.54) is 18.5 Å². The molecule has 0 bridgehead atoms. The summed E-state index contributed by atoms with van der Waals surface area (Å²) >= 11 is 3.66. The van der Waals surface area contributed by atoms with Gasteiger partial charge in [0.1, 0.15) is 0 Å². The lowest BCUT2D eigenvalue weighted by molar-refractivity contribution is 0.0933.